The van der Waals surface area contributed by atoms with Crippen LogP contribution >= 0.6 is 0 Å². The number of fused-ring (bicyclic) bond motifs is 1. The molecule has 0 aliphatic carbocycles. The predicted molar refractivity (Wildman–Crippen MR) is 148 cm³/mol. The van der Waals surface area contributed by atoms with E-state index in [0.29, 0.717) is 0 Å². The van der Waals surface area contributed by atoms with E-state index in [1.165, 1.54) is 24.3 Å². The lowest BCUT2D eigenvalue weighted by Crippen LogP contribution is -2.60. The van der Waals surface area contributed by atoms with Gasteiger partial charge in [-0.2, -0.15) is 0 Å². The molecule has 0 amide bonds. The topological polar surface area (TPSA) is 283 Å². The number of rotatable bonds is 8. The summed E-state index contributed by atoms with van der Waals surface area (Å²) in [5, 5.41) is 92.4. The number of carbonyl (C=O) groups is 2. The van der Waals surface area contributed by atoms with E-state index >= 15 is 0 Å². The van der Waals surface area contributed by atoms with Gasteiger partial charge in [0.2, 0.25) is 0 Å². The van der Waals surface area contributed by atoms with E-state index in [4.69, 9.17) is 28.5 Å². The molecule has 3 aromatic rings. The van der Waals surface area contributed by atoms with E-state index in [2.05, 4.69) is 0 Å². The molecule has 2 saturated heterocycles. The Bertz CT molecular complexity index is 1650. The first-order valence-electron chi connectivity index (χ1n) is 13.8. The van der Waals surface area contributed by atoms with E-state index in [-0.39, 0.29) is 17.1 Å². The van der Waals surface area contributed by atoms with Crippen molar-refractivity contribution in [3.8, 4) is 28.6 Å². The number of ether oxygens (including phenoxy) is 4. The highest BCUT2D eigenvalue weighted by molar-refractivity contribution is 5.90. The lowest BCUT2D eigenvalue weighted by atomic mass is 9.89. The molecular weight excluding hydrogens is 620 g/mol. The number of benzene rings is 2. The first-order valence-corrected chi connectivity index (χ1v) is 13.8. The number of hydrogen-bond donors (Lipinski definition) is 9. The molecule has 2 aliphatic rings. The molecule has 3 heterocycles. The molecule has 0 bridgehead atoms. The third-order valence-electron chi connectivity index (χ3n) is 7.57. The van der Waals surface area contributed by atoms with Crippen LogP contribution < -0.4 is 5.43 Å². The maximum Gasteiger partial charge on any atom is 0.317 e. The summed E-state index contributed by atoms with van der Waals surface area (Å²) in [7, 11) is 0. The molecule has 17 nitrogen and oxygen atoms in total. The third-order valence-corrected chi connectivity index (χ3v) is 7.57. The van der Waals surface area contributed by atoms with Crippen LogP contribution in [0.1, 0.15) is 18.1 Å². The van der Waals surface area contributed by atoms with Gasteiger partial charge in [0.15, 0.2) is 17.3 Å². The summed E-state index contributed by atoms with van der Waals surface area (Å²) < 4.78 is 27.8. The van der Waals surface area contributed by atoms with Gasteiger partial charge in [0.05, 0.1) is 12.2 Å². The highest BCUT2D eigenvalue weighted by Crippen LogP contribution is 2.45. The van der Waals surface area contributed by atoms with Gasteiger partial charge in [-0.15, -0.1) is 0 Å². The van der Waals surface area contributed by atoms with Gasteiger partial charge in [0.1, 0.15) is 90.3 Å². The first-order chi connectivity index (χ1) is 21.8. The Kier molecular flexibility index (Phi) is 9.47. The van der Waals surface area contributed by atoms with Crippen LogP contribution in [-0.4, -0.2) is 120 Å². The second-order valence-electron chi connectivity index (χ2n) is 10.7. The normalized spacial score (nSPS) is 29.8. The van der Waals surface area contributed by atoms with Crippen LogP contribution in [0.5, 0.6) is 17.2 Å². The fourth-order valence-corrected chi connectivity index (χ4v) is 5.23. The Hall–Kier alpha value is -4.33. The van der Waals surface area contributed by atoms with Crippen LogP contribution in [0.2, 0.25) is 0 Å². The number of aliphatic hydroxyl groups excluding tert-OH is 5. The maximum atomic E-state index is 13.2. The zero-order valence-electron chi connectivity index (χ0n) is 23.6. The SMILES string of the molecule is O=C(O)CC(=O)OCC1OC(c2c(O)cc(O)c3c(=O)cc(-c4ccc(O)cc4)oc23)C(OC2OCC(O)C(O)C2O)C(O)C1O. The van der Waals surface area contributed by atoms with Crippen molar-refractivity contribution >= 4 is 22.9 Å². The van der Waals surface area contributed by atoms with Crippen molar-refractivity contribution in [3.05, 3.63) is 52.2 Å². The quantitative estimate of drug-likeness (QED) is 0.0998. The number of hydrogen-bond acceptors (Lipinski definition) is 16. The van der Waals surface area contributed by atoms with Crippen LogP contribution in [0.25, 0.3) is 22.3 Å². The van der Waals surface area contributed by atoms with Gasteiger partial charge in [-0.05, 0) is 24.3 Å². The van der Waals surface area contributed by atoms with Gasteiger partial charge in [-0.1, -0.05) is 0 Å². The predicted octanol–water partition coefficient (Wildman–Crippen LogP) is -1.42. The Morgan fingerprint density at radius 1 is 0.891 bits per heavy atom. The van der Waals surface area contributed by atoms with Crippen LogP contribution in [0.15, 0.2) is 45.6 Å². The molecule has 2 fully saturated rings. The van der Waals surface area contributed by atoms with Crippen LogP contribution in [0.4, 0.5) is 0 Å². The van der Waals surface area contributed by atoms with Crippen molar-refractivity contribution in [1.29, 1.82) is 0 Å². The van der Waals surface area contributed by atoms with Crippen LogP contribution in [0, 0.1) is 0 Å². The van der Waals surface area contributed by atoms with Crippen LogP contribution in [0.3, 0.4) is 0 Å². The average Bonchev–Trinajstić information content (AvgIpc) is 2.99. The summed E-state index contributed by atoms with van der Waals surface area (Å²) in [5.41, 5.74) is -1.40. The average molecular weight is 651 g/mol. The summed E-state index contributed by atoms with van der Waals surface area (Å²) in [5.74, 6) is -4.37. The number of aromatic hydroxyl groups is 3. The van der Waals surface area contributed by atoms with E-state index in [0.717, 1.165) is 12.1 Å². The minimum Gasteiger partial charge on any atom is -0.508 e. The van der Waals surface area contributed by atoms with E-state index in [1.54, 1.807) is 0 Å². The Balaban J connectivity index is 1.62. The number of carboxylic acid groups (broad SMARTS) is 1. The second kappa shape index (κ2) is 13.2. The number of aliphatic hydroxyl groups is 5. The van der Waals surface area contributed by atoms with Gasteiger partial charge in [0.25, 0.3) is 0 Å². The van der Waals surface area contributed by atoms with Crippen molar-refractivity contribution in [2.45, 2.75) is 61.5 Å². The number of aliphatic carboxylic acids is 1. The van der Waals surface area contributed by atoms with Crippen molar-refractivity contribution in [2.24, 2.45) is 0 Å². The Labute approximate surface area is 257 Å². The lowest BCUT2D eigenvalue weighted by Gasteiger charge is -2.45. The van der Waals surface area contributed by atoms with Crippen molar-refractivity contribution in [3.63, 3.8) is 0 Å². The number of phenols is 3. The van der Waals surface area contributed by atoms with Crippen molar-refractivity contribution < 1.29 is 78.9 Å². The summed E-state index contributed by atoms with van der Waals surface area (Å²) in [6, 6.07) is 7.25. The second-order valence-corrected chi connectivity index (χ2v) is 10.7. The van der Waals surface area contributed by atoms with Gasteiger partial charge in [0, 0.05) is 17.7 Å². The zero-order chi connectivity index (χ0) is 33.4. The molecule has 0 spiro atoms. The first kappa shape index (κ1) is 33.0. The summed E-state index contributed by atoms with van der Waals surface area (Å²) >= 11 is 0. The molecule has 9 unspecified atom stereocenters. The minimum absolute atomic E-state index is 0.0918. The van der Waals surface area contributed by atoms with E-state index in [9.17, 15) is 55.2 Å². The fourth-order valence-electron chi connectivity index (χ4n) is 5.23. The zero-order valence-corrected chi connectivity index (χ0v) is 23.6. The molecular formula is C29H30O17. The molecule has 1 aromatic heterocycles. The highest BCUT2D eigenvalue weighted by atomic mass is 16.7. The Morgan fingerprint density at radius 3 is 2.26 bits per heavy atom. The minimum atomic E-state index is -2.00. The fraction of sp³-hybridized carbons (Fsp3) is 0.414. The Morgan fingerprint density at radius 2 is 1.59 bits per heavy atom. The van der Waals surface area contributed by atoms with Crippen LogP contribution in [-0.2, 0) is 28.5 Å². The summed E-state index contributed by atoms with van der Waals surface area (Å²) in [6.45, 7) is -1.32. The van der Waals surface area contributed by atoms with Gasteiger partial charge in [-0.25, -0.2) is 0 Å². The molecule has 0 saturated carbocycles. The number of carbonyl (C=O) groups excluding carboxylic acids is 1. The molecule has 2 aliphatic heterocycles. The number of esters is 1. The van der Waals surface area contributed by atoms with Crippen molar-refractivity contribution in [1.82, 2.24) is 0 Å². The lowest BCUT2D eigenvalue weighted by molar-refractivity contribution is -0.325. The van der Waals surface area contributed by atoms with Gasteiger partial charge in [-0.3, -0.25) is 14.4 Å². The largest absolute Gasteiger partial charge is 0.508 e. The molecule has 5 rings (SSSR count). The number of carboxylic acids is 1. The molecule has 9 atom stereocenters. The molecule has 17 heteroatoms. The molecule has 2 aromatic carbocycles. The summed E-state index contributed by atoms with van der Waals surface area (Å²) in [4.78, 5) is 36.0. The molecule has 248 valence electrons. The third kappa shape index (κ3) is 6.48. The molecule has 46 heavy (non-hydrogen) atoms. The van der Waals surface area contributed by atoms with E-state index < -0.39 is 120 Å². The molecule has 0 radical (unpaired) electrons. The monoisotopic (exact) mass is 650 g/mol. The standard InChI is InChI=1S/C29H30O17/c30-11-3-1-10(2-4-11)16-6-14(33)20-12(31)5-13(32)21(26(20)44-16)27-28(46-29-25(41)22(38)15(34)8-43-29)24(40)23(39)17(45-27)9-42-19(37)7-18(35)36/h1-6,15,17,22-25,27-32,34,38-41H,7-9H2,(H,35,36). The molecule has 9 N–H and O–H groups in total. The highest BCUT2D eigenvalue weighted by Gasteiger charge is 2.51. The maximum absolute atomic E-state index is 13.2. The summed E-state index contributed by atoms with van der Waals surface area (Å²) in [6.07, 6.45) is -17.0. The number of phenolic OH excluding ortho intramolecular Hbond substituents is 3. The smallest absolute Gasteiger partial charge is 0.317 e. The van der Waals surface area contributed by atoms with Gasteiger partial charge < -0.3 is 69.3 Å². The van der Waals surface area contributed by atoms with Gasteiger partial charge >= 0.3 is 11.9 Å². The van der Waals surface area contributed by atoms with E-state index in [1.807, 2.05) is 0 Å². The van der Waals surface area contributed by atoms with Crippen molar-refractivity contribution in [2.75, 3.05) is 13.2 Å².